The number of carbonyl (C=O) groups is 1. The quantitative estimate of drug-likeness (QED) is 0.482. The third-order valence-corrected chi connectivity index (χ3v) is 6.99. The summed E-state index contributed by atoms with van der Waals surface area (Å²) in [6.07, 6.45) is 0.559. The first-order valence-electron chi connectivity index (χ1n) is 10.00. The Hall–Kier alpha value is -3.31. The Kier molecular flexibility index (Phi) is 6.99. The summed E-state index contributed by atoms with van der Waals surface area (Å²) >= 11 is 2.54. The molecular formula is C22H23N5O4S2. The molecule has 33 heavy (non-hydrogen) atoms. The molecule has 0 spiro atoms. The van der Waals surface area contributed by atoms with Crippen LogP contribution >= 0.6 is 23.1 Å². The minimum Gasteiger partial charge on any atom is -0.497 e. The molecule has 1 atom stereocenters. The number of hydrogen-bond donors (Lipinski definition) is 1. The van der Waals surface area contributed by atoms with E-state index in [0.717, 1.165) is 22.6 Å². The van der Waals surface area contributed by atoms with Crippen molar-refractivity contribution in [2.45, 2.75) is 16.8 Å². The smallest absolute Gasteiger partial charge is 0.253 e. The van der Waals surface area contributed by atoms with Gasteiger partial charge in [0, 0.05) is 6.42 Å². The zero-order valence-electron chi connectivity index (χ0n) is 18.3. The summed E-state index contributed by atoms with van der Waals surface area (Å²) < 4.78 is 16.7. The molecule has 1 aromatic heterocycles. The molecule has 2 aromatic carbocycles. The van der Waals surface area contributed by atoms with Crippen molar-refractivity contribution < 1.29 is 19.0 Å². The maximum Gasteiger partial charge on any atom is 0.253 e. The first-order valence-corrected chi connectivity index (χ1v) is 11.8. The van der Waals surface area contributed by atoms with Crippen LogP contribution < -0.4 is 19.9 Å². The second-order valence-electron chi connectivity index (χ2n) is 7.04. The summed E-state index contributed by atoms with van der Waals surface area (Å²) in [5.74, 6) is 2.00. The minimum absolute atomic E-state index is 0.142. The van der Waals surface area contributed by atoms with E-state index in [0.29, 0.717) is 27.4 Å². The Morgan fingerprint density at radius 3 is 2.48 bits per heavy atom. The van der Waals surface area contributed by atoms with Crippen LogP contribution in [-0.4, -0.2) is 53.9 Å². The van der Waals surface area contributed by atoms with E-state index in [1.165, 1.54) is 28.1 Å². The van der Waals surface area contributed by atoms with Gasteiger partial charge in [0.15, 0.2) is 15.8 Å². The number of amides is 1. The molecule has 1 aliphatic heterocycles. The van der Waals surface area contributed by atoms with Gasteiger partial charge in [-0.3, -0.25) is 4.79 Å². The van der Waals surface area contributed by atoms with Crippen LogP contribution in [0.5, 0.6) is 17.2 Å². The monoisotopic (exact) mass is 485 g/mol. The second-order valence-corrected chi connectivity index (χ2v) is 9.27. The van der Waals surface area contributed by atoms with E-state index in [1.54, 1.807) is 21.3 Å². The Bertz CT molecular complexity index is 1170. The highest BCUT2D eigenvalue weighted by Gasteiger charge is 2.33. The highest BCUT2D eigenvalue weighted by Crippen LogP contribution is 2.38. The van der Waals surface area contributed by atoms with Gasteiger partial charge in [0.1, 0.15) is 5.75 Å². The number of nitrogens with zero attached hydrogens (tertiary/aromatic N) is 4. The van der Waals surface area contributed by atoms with Crippen molar-refractivity contribution in [1.82, 2.24) is 15.2 Å². The minimum atomic E-state index is -0.283. The lowest BCUT2D eigenvalue weighted by Crippen LogP contribution is -2.28. The van der Waals surface area contributed by atoms with Gasteiger partial charge in [-0.15, -0.1) is 10.2 Å². The first-order chi connectivity index (χ1) is 16.0. The maximum absolute atomic E-state index is 13.2. The largest absolute Gasteiger partial charge is 0.497 e. The van der Waals surface area contributed by atoms with Crippen molar-refractivity contribution in [3.63, 3.8) is 0 Å². The lowest BCUT2D eigenvalue weighted by atomic mass is 9.98. The van der Waals surface area contributed by atoms with Crippen LogP contribution in [-0.2, 0) is 4.79 Å². The van der Waals surface area contributed by atoms with E-state index in [4.69, 9.17) is 25.0 Å². The van der Waals surface area contributed by atoms with Crippen molar-refractivity contribution >= 4 is 39.8 Å². The lowest BCUT2D eigenvalue weighted by Gasteiger charge is -2.22. The summed E-state index contributed by atoms with van der Waals surface area (Å²) in [4.78, 5) is 13.2. The lowest BCUT2D eigenvalue weighted by molar-refractivity contribution is -0.130. The molecule has 1 amide bonds. The number of benzene rings is 2. The number of ether oxygens (including phenoxy) is 3. The van der Waals surface area contributed by atoms with Gasteiger partial charge in [0.25, 0.3) is 5.91 Å². The van der Waals surface area contributed by atoms with Crippen LogP contribution in [0.3, 0.4) is 0 Å². The Morgan fingerprint density at radius 2 is 1.85 bits per heavy atom. The van der Waals surface area contributed by atoms with Gasteiger partial charge in [-0.25, -0.2) is 5.01 Å². The second kappa shape index (κ2) is 10.1. The molecule has 0 saturated heterocycles. The standard InChI is InChI=1S/C22H23N5O4S2/c1-29-15-7-4-13(5-8-15)16-11-17(14-6-9-18(30-2)19(10-14)31-3)27(26-16)20(28)12-32-22-25-24-21(23)33-22/h4-10,17H,11-12H2,1-3H3,(H2,23,24). The zero-order chi connectivity index (χ0) is 23.4. The van der Waals surface area contributed by atoms with Crippen LogP contribution in [0, 0.1) is 0 Å². The normalized spacial score (nSPS) is 15.3. The zero-order valence-corrected chi connectivity index (χ0v) is 20.0. The summed E-state index contributed by atoms with van der Waals surface area (Å²) in [5.41, 5.74) is 8.29. The van der Waals surface area contributed by atoms with Gasteiger partial charge >= 0.3 is 0 Å². The average molecular weight is 486 g/mol. The van der Waals surface area contributed by atoms with Crippen molar-refractivity contribution in [3.8, 4) is 17.2 Å². The average Bonchev–Trinajstić information content (AvgIpc) is 3.48. The first kappa shape index (κ1) is 22.9. The molecule has 0 radical (unpaired) electrons. The molecular weight excluding hydrogens is 462 g/mol. The van der Waals surface area contributed by atoms with Crippen LogP contribution in [0.15, 0.2) is 51.9 Å². The molecule has 4 rings (SSSR count). The van der Waals surface area contributed by atoms with E-state index in [2.05, 4.69) is 10.2 Å². The number of methoxy groups -OCH3 is 3. The number of aromatic nitrogens is 2. The third-order valence-electron chi connectivity index (χ3n) is 5.12. The molecule has 3 aromatic rings. The van der Waals surface area contributed by atoms with E-state index in [-0.39, 0.29) is 17.7 Å². The predicted molar refractivity (Wildman–Crippen MR) is 128 cm³/mol. The SMILES string of the molecule is COc1ccc(C2=NN(C(=O)CSc3nnc(N)s3)C(c3ccc(OC)c(OC)c3)C2)cc1. The van der Waals surface area contributed by atoms with E-state index >= 15 is 0 Å². The molecule has 172 valence electrons. The fourth-order valence-electron chi connectivity index (χ4n) is 3.49. The fourth-order valence-corrected chi connectivity index (χ4v) is 4.97. The number of hydrogen-bond acceptors (Lipinski definition) is 10. The molecule has 1 unspecified atom stereocenters. The number of anilines is 1. The molecule has 2 N–H and O–H groups in total. The van der Waals surface area contributed by atoms with Crippen LogP contribution in [0.1, 0.15) is 23.6 Å². The third kappa shape index (κ3) is 5.04. The number of thioether (sulfide) groups is 1. The molecule has 0 fully saturated rings. The predicted octanol–water partition coefficient (Wildman–Crippen LogP) is 3.62. The van der Waals surface area contributed by atoms with Gasteiger partial charge in [-0.05, 0) is 47.5 Å². The van der Waals surface area contributed by atoms with Crippen molar-refractivity contribution in [1.29, 1.82) is 0 Å². The maximum atomic E-state index is 13.2. The van der Waals surface area contributed by atoms with Gasteiger partial charge in [-0.2, -0.15) is 5.10 Å². The summed E-state index contributed by atoms with van der Waals surface area (Å²) in [5, 5.41) is 14.4. The number of nitrogens with two attached hydrogens (primary N) is 1. The Labute approximate surface area is 199 Å². The molecule has 0 saturated carbocycles. The highest BCUT2D eigenvalue weighted by molar-refractivity contribution is 8.01. The summed E-state index contributed by atoms with van der Waals surface area (Å²) in [6, 6.07) is 13.0. The van der Waals surface area contributed by atoms with E-state index in [9.17, 15) is 4.79 Å². The number of hydrazone groups is 1. The van der Waals surface area contributed by atoms with Crippen LogP contribution in [0.4, 0.5) is 5.13 Å². The molecule has 2 heterocycles. The number of nitrogen functional groups attached to an aromatic ring is 1. The van der Waals surface area contributed by atoms with E-state index in [1.807, 2.05) is 42.5 Å². The van der Waals surface area contributed by atoms with Gasteiger partial charge in [-0.1, -0.05) is 29.2 Å². The highest BCUT2D eigenvalue weighted by atomic mass is 32.2. The van der Waals surface area contributed by atoms with Gasteiger partial charge < -0.3 is 19.9 Å². The van der Waals surface area contributed by atoms with Crippen molar-refractivity contribution in [2.75, 3.05) is 32.8 Å². The number of rotatable bonds is 8. The summed E-state index contributed by atoms with van der Waals surface area (Å²) in [6.45, 7) is 0. The Balaban J connectivity index is 1.62. The molecule has 0 bridgehead atoms. The molecule has 0 aliphatic carbocycles. The molecule has 9 nitrogen and oxygen atoms in total. The Morgan fingerprint density at radius 1 is 1.09 bits per heavy atom. The van der Waals surface area contributed by atoms with Crippen LogP contribution in [0.25, 0.3) is 0 Å². The topological polar surface area (TPSA) is 112 Å². The molecule has 1 aliphatic rings. The molecule has 11 heteroatoms. The van der Waals surface area contributed by atoms with Crippen LogP contribution in [0.2, 0.25) is 0 Å². The van der Waals surface area contributed by atoms with E-state index < -0.39 is 0 Å². The van der Waals surface area contributed by atoms with Gasteiger partial charge in [0.2, 0.25) is 5.13 Å². The van der Waals surface area contributed by atoms with Crippen molar-refractivity contribution in [2.24, 2.45) is 5.10 Å². The van der Waals surface area contributed by atoms with Crippen molar-refractivity contribution in [3.05, 3.63) is 53.6 Å². The van der Waals surface area contributed by atoms with Gasteiger partial charge in [0.05, 0.1) is 38.8 Å². The fraction of sp³-hybridized carbons (Fsp3) is 0.273. The summed E-state index contributed by atoms with van der Waals surface area (Å²) in [7, 11) is 4.80. The number of carbonyl (C=O) groups excluding carboxylic acids is 1.